The molecule has 0 bridgehead atoms. The molecule has 0 unspecified atom stereocenters. The highest BCUT2D eigenvalue weighted by molar-refractivity contribution is 7.15. The highest BCUT2D eigenvalue weighted by atomic mass is 32.1. The van der Waals surface area contributed by atoms with Crippen molar-refractivity contribution in [2.45, 2.75) is 39.2 Å². The predicted octanol–water partition coefficient (Wildman–Crippen LogP) is 2.87. The summed E-state index contributed by atoms with van der Waals surface area (Å²) in [5.74, 6) is 0.734. The van der Waals surface area contributed by atoms with Gasteiger partial charge in [-0.15, -0.1) is 11.3 Å². The molecule has 3 aromatic heterocycles. The second kappa shape index (κ2) is 9.19. The number of imidazole rings is 1. The van der Waals surface area contributed by atoms with E-state index in [1.54, 1.807) is 6.07 Å². The molecule has 1 aliphatic rings. The summed E-state index contributed by atoms with van der Waals surface area (Å²) in [6, 6.07) is 9.52. The molecule has 0 spiro atoms. The van der Waals surface area contributed by atoms with Gasteiger partial charge >= 0.3 is 0 Å². The van der Waals surface area contributed by atoms with E-state index in [9.17, 15) is 9.59 Å². The van der Waals surface area contributed by atoms with Crippen LogP contribution in [-0.2, 0) is 30.6 Å². The minimum atomic E-state index is -0.107. The van der Waals surface area contributed by atoms with Gasteiger partial charge in [-0.25, -0.2) is 9.67 Å². The average molecular weight is 464 g/mol. The van der Waals surface area contributed by atoms with Crippen LogP contribution in [0.3, 0.4) is 0 Å². The number of hydrogen-bond donors (Lipinski definition) is 1. The summed E-state index contributed by atoms with van der Waals surface area (Å²) in [5, 5.41) is 9.31. The fraction of sp³-hybridized carbons (Fsp3) is 0.333. The van der Waals surface area contributed by atoms with E-state index < -0.39 is 0 Å². The van der Waals surface area contributed by atoms with Crippen molar-refractivity contribution in [2.24, 2.45) is 0 Å². The van der Waals surface area contributed by atoms with Crippen molar-refractivity contribution >= 4 is 22.2 Å². The Morgan fingerprint density at radius 3 is 2.91 bits per heavy atom. The number of carbonyl (C=O) groups excluding carboxylic acids is 1. The third-order valence-electron chi connectivity index (χ3n) is 5.76. The Labute approximate surface area is 194 Å². The van der Waals surface area contributed by atoms with E-state index in [0.717, 1.165) is 58.2 Å². The maximum atomic E-state index is 12.5. The highest BCUT2D eigenvalue weighted by Crippen LogP contribution is 2.25. The van der Waals surface area contributed by atoms with Gasteiger partial charge in [0.25, 0.3) is 5.56 Å². The summed E-state index contributed by atoms with van der Waals surface area (Å²) < 4.78 is 8.91. The first-order chi connectivity index (χ1) is 16.1. The van der Waals surface area contributed by atoms with Gasteiger partial charge in [-0.1, -0.05) is 0 Å². The number of thiazole rings is 1. The normalized spacial score (nSPS) is 12.8. The third kappa shape index (κ3) is 4.54. The minimum Gasteiger partial charge on any atom is -0.494 e. The van der Waals surface area contributed by atoms with Crippen LogP contribution in [0.5, 0.6) is 5.75 Å². The van der Waals surface area contributed by atoms with Crippen LogP contribution in [0.25, 0.3) is 16.2 Å². The topological polar surface area (TPSA) is 90.5 Å². The van der Waals surface area contributed by atoms with E-state index in [1.807, 2.05) is 47.2 Å². The van der Waals surface area contributed by atoms with E-state index >= 15 is 0 Å². The molecule has 1 aromatic carbocycles. The molecule has 3 heterocycles. The molecular formula is C24H25N5O3S. The van der Waals surface area contributed by atoms with Gasteiger partial charge in [-0.3, -0.25) is 14.0 Å². The lowest BCUT2D eigenvalue weighted by atomic mass is 10.1. The zero-order chi connectivity index (χ0) is 22.8. The Hall–Kier alpha value is -3.46. The monoisotopic (exact) mass is 463 g/mol. The van der Waals surface area contributed by atoms with Gasteiger partial charge in [-0.2, -0.15) is 5.10 Å². The van der Waals surface area contributed by atoms with Crippen LogP contribution in [0.4, 0.5) is 0 Å². The molecule has 1 amide bonds. The average Bonchev–Trinajstić information content (AvgIpc) is 3.52. The van der Waals surface area contributed by atoms with Gasteiger partial charge in [0.15, 0.2) is 4.96 Å². The molecule has 1 aliphatic carbocycles. The Morgan fingerprint density at radius 2 is 2.09 bits per heavy atom. The molecule has 5 rings (SSSR count). The van der Waals surface area contributed by atoms with Crippen molar-refractivity contribution in [1.29, 1.82) is 0 Å². The van der Waals surface area contributed by atoms with Gasteiger partial charge < -0.3 is 10.1 Å². The predicted molar refractivity (Wildman–Crippen MR) is 127 cm³/mol. The molecule has 8 nitrogen and oxygen atoms in total. The van der Waals surface area contributed by atoms with Crippen LogP contribution in [0.2, 0.25) is 0 Å². The van der Waals surface area contributed by atoms with E-state index in [1.165, 1.54) is 16.0 Å². The largest absolute Gasteiger partial charge is 0.494 e. The fourth-order valence-electron chi connectivity index (χ4n) is 4.11. The second-order valence-corrected chi connectivity index (χ2v) is 8.86. The summed E-state index contributed by atoms with van der Waals surface area (Å²) in [6.45, 7) is 3.31. The van der Waals surface area contributed by atoms with E-state index in [4.69, 9.17) is 4.74 Å². The lowest BCUT2D eigenvalue weighted by Gasteiger charge is -2.08. The lowest BCUT2D eigenvalue weighted by Crippen LogP contribution is -2.33. The standard InChI is InChI=1S/C24H25N5O3S/c1-2-32-19-8-6-16(7-9-19)21-14-28-18(15-33-24(28)26-21)13-22(30)25-10-11-29-23(31)12-17-4-3-5-20(17)27-29/h6-9,12,14-15H,2-5,10-11,13H2,1H3,(H,25,30). The van der Waals surface area contributed by atoms with Crippen molar-refractivity contribution in [2.75, 3.05) is 13.2 Å². The summed E-state index contributed by atoms with van der Waals surface area (Å²) in [4.78, 5) is 30.3. The number of nitrogens with zero attached hydrogens (tertiary/aromatic N) is 4. The molecule has 170 valence electrons. The van der Waals surface area contributed by atoms with E-state index in [2.05, 4.69) is 15.4 Å². The first-order valence-electron chi connectivity index (χ1n) is 11.2. The molecule has 0 radical (unpaired) electrons. The Balaban J connectivity index is 1.21. The summed E-state index contributed by atoms with van der Waals surface area (Å²) >= 11 is 1.51. The third-order valence-corrected chi connectivity index (χ3v) is 6.64. The van der Waals surface area contributed by atoms with Crippen LogP contribution in [0.15, 0.2) is 46.7 Å². The summed E-state index contributed by atoms with van der Waals surface area (Å²) in [5.41, 5.74) is 4.69. The van der Waals surface area contributed by atoms with Gasteiger partial charge in [0, 0.05) is 35.4 Å². The molecule has 0 fully saturated rings. The highest BCUT2D eigenvalue weighted by Gasteiger charge is 2.15. The Bertz CT molecular complexity index is 1350. The molecule has 4 aromatic rings. The van der Waals surface area contributed by atoms with Crippen molar-refractivity contribution in [3.8, 4) is 17.0 Å². The van der Waals surface area contributed by atoms with Crippen LogP contribution >= 0.6 is 11.3 Å². The van der Waals surface area contributed by atoms with Crippen LogP contribution in [-0.4, -0.2) is 38.2 Å². The number of aromatic nitrogens is 4. The van der Waals surface area contributed by atoms with Crippen molar-refractivity contribution in [3.63, 3.8) is 0 Å². The number of nitrogens with one attached hydrogen (secondary N) is 1. The van der Waals surface area contributed by atoms with E-state index in [-0.39, 0.29) is 17.9 Å². The number of hydrogen-bond acceptors (Lipinski definition) is 6. The number of rotatable bonds is 8. The molecule has 0 atom stereocenters. The first-order valence-corrected chi connectivity index (χ1v) is 12.0. The summed E-state index contributed by atoms with van der Waals surface area (Å²) in [6.07, 6.45) is 5.09. The number of fused-ring (bicyclic) bond motifs is 2. The molecule has 9 heteroatoms. The SMILES string of the molecule is CCOc1ccc(-c2cn3c(CC(=O)NCCn4nc5c(cc4=O)CCC5)csc3n2)cc1. The van der Waals surface area contributed by atoms with Crippen molar-refractivity contribution in [1.82, 2.24) is 24.5 Å². The van der Waals surface area contributed by atoms with Gasteiger partial charge in [0.2, 0.25) is 5.91 Å². The number of amides is 1. The van der Waals surface area contributed by atoms with Gasteiger partial charge in [0.05, 0.1) is 31.0 Å². The Morgan fingerprint density at radius 1 is 1.24 bits per heavy atom. The fourth-order valence-corrected chi connectivity index (χ4v) is 4.98. The smallest absolute Gasteiger partial charge is 0.267 e. The molecule has 33 heavy (non-hydrogen) atoms. The zero-order valence-corrected chi connectivity index (χ0v) is 19.2. The minimum absolute atomic E-state index is 0.0970. The molecule has 0 saturated carbocycles. The lowest BCUT2D eigenvalue weighted by molar-refractivity contribution is -0.120. The van der Waals surface area contributed by atoms with E-state index in [0.29, 0.717) is 19.7 Å². The number of carbonyl (C=O) groups is 1. The van der Waals surface area contributed by atoms with Crippen LogP contribution in [0, 0.1) is 0 Å². The van der Waals surface area contributed by atoms with Crippen molar-refractivity contribution in [3.05, 3.63) is 69.2 Å². The quantitative estimate of drug-likeness (QED) is 0.434. The molecule has 0 aliphatic heterocycles. The van der Waals surface area contributed by atoms with Crippen LogP contribution in [0.1, 0.15) is 30.3 Å². The number of aryl methyl sites for hydroxylation is 2. The number of ether oxygens (including phenoxy) is 1. The van der Waals surface area contributed by atoms with Gasteiger partial charge in [-0.05, 0) is 56.0 Å². The number of benzene rings is 1. The van der Waals surface area contributed by atoms with Crippen molar-refractivity contribution < 1.29 is 9.53 Å². The molecular weight excluding hydrogens is 438 g/mol. The zero-order valence-electron chi connectivity index (χ0n) is 18.4. The Kier molecular flexibility index (Phi) is 5.95. The maximum Gasteiger partial charge on any atom is 0.267 e. The first kappa shape index (κ1) is 21.4. The summed E-state index contributed by atoms with van der Waals surface area (Å²) in [7, 11) is 0. The molecule has 1 N–H and O–H groups in total. The van der Waals surface area contributed by atoms with Crippen LogP contribution < -0.4 is 15.6 Å². The van der Waals surface area contributed by atoms with Gasteiger partial charge in [0.1, 0.15) is 5.75 Å². The second-order valence-electron chi connectivity index (χ2n) is 8.02. The maximum absolute atomic E-state index is 12.5. The molecule has 0 saturated heterocycles.